The van der Waals surface area contributed by atoms with Gasteiger partial charge in [-0.1, -0.05) is 30.4 Å². The number of allylic oxidation sites excluding steroid dienone is 2. The van der Waals surface area contributed by atoms with Crippen LogP contribution in [0, 0.1) is 23.7 Å². The van der Waals surface area contributed by atoms with Gasteiger partial charge in [0.25, 0.3) is 11.8 Å². The monoisotopic (exact) mass is 405 g/mol. The standard InChI is InChI=1S/C23H23N3O4/c1-2-30-19(27)13-25-12-16(17-5-3-4-6-18(17)25)11-24-26-22(28)20-14-7-8-15(10-9-14)21(20)23(26)29/h3-8,11-12,14-15,20-21H,2,9-10,13H2,1H3/b24-11-/t14-,15-,20-,21+/m0/s1. The number of aromatic nitrogens is 1. The molecule has 1 aromatic carbocycles. The van der Waals surface area contributed by atoms with Gasteiger partial charge in [0.15, 0.2) is 0 Å². The van der Waals surface area contributed by atoms with E-state index in [0.29, 0.717) is 6.61 Å². The van der Waals surface area contributed by atoms with Gasteiger partial charge in [-0.05, 0) is 37.7 Å². The lowest BCUT2D eigenvalue weighted by Gasteiger charge is -2.37. The average molecular weight is 405 g/mol. The van der Waals surface area contributed by atoms with E-state index < -0.39 is 0 Å². The molecule has 0 N–H and O–H groups in total. The zero-order chi connectivity index (χ0) is 20.8. The third kappa shape index (κ3) is 2.88. The Kier molecular flexibility index (Phi) is 4.53. The molecular weight excluding hydrogens is 382 g/mol. The van der Waals surface area contributed by atoms with Crippen molar-refractivity contribution in [3.05, 3.63) is 48.2 Å². The largest absolute Gasteiger partial charge is 0.465 e. The molecule has 3 aliphatic carbocycles. The molecule has 2 fully saturated rings. The summed E-state index contributed by atoms with van der Waals surface area (Å²) in [6.45, 7) is 2.18. The summed E-state index contributed by atoms with van der Waals surface area (Å²) in [5.74, 6) is -0.983. The van der Waals surface area contributed by atoms with Crippen molar-refractivity contribution in [1.29, 1.82) is 0 Å². The summed E-state index contributed by atoms with van der Waals surface area (Å²) in [6, 6.07) is 7.64. The van der Waals surface area contributed by atoms with Gasteiger partial charge in [-0.25, -0.2) is 0 Å². The number of hydrogen-bond donors (Lipinski definition) is 0. The van der Waals surface area contributed by atoms with E-state index in [4.69, 9.17) is 4.74 Å². The van der Waals surface area contributed by atoms with E-state index in [-0.39, 0.29) is 48.0 Å². The molecule has 2 amide bonds. The second-order valence-electron chi connectivity index (χ2n) is 8.11. The van der Waals surface area contributed by atoms with Crippen molar-refractivity contribution in [3.8, 4) is 0 Å². The van der Waals surface area contributed by atoms with Crippen LogP contribution in [0.25, 0.3) is 10.9 Å². The van der Waals surface area contributed by atoms with Crippen molar-refractivity contribution in [1.82, 2.24) is 9.58 Å². The Bertz CT molecular complexity index is 1070. The van der Waals surface area contributed by atoms with Crippen LogP contribution in [0.2, 0.25) is 0 Å². The molecule has 30 heavy (non-hydrogen) atoms. The minimum atomic E-state index is -0.321. The Labute approximate surface area is 174 Å². The molecule has 0 spiro atoms. The van der Waals surface area contributed by atoms with Crippen LogP contribution in [-0.2, 0) is 25.7 Å². The Hall–Kier alpha value is -3.22. The zero-order valence-electron chi connectivity index (χ0n) is 16.7. The third-order valence-electron chi connectivity index (χ3n) is 6.47. The van der Waals surface area contributed by atoms with Gasteiger partial charge in [0.2, 0.25) is 0 Å². The number of rotatable bonds is 5. The van der Waals surface area contributed by atoms with Crippen LogP contribution < -0.4 is 0 Å². The lowest BCUT2D eigenvalue weighted by molar-refractivity contribution is -0.144. The number of esters is 1. The maximum Gasteiger partial charge on any atom is 0.325 e. The molecule has 1 saturated heterocycles. The molecule has 2 bridgehead atoms. The molecule has 1 aliphatic heterocycles. The molecule has 1 saturated carbocycles. The van der Waals surface area contributed by atoms with E-state index in [1.165, 1.54) is 0 Å². The number of nitrogens with zero attached hydrogens (tertiary/aromatic N) is 3. The first kappa shape index (κ1) is 18.8. The number of fused-ring (bicyclic) bond motifs is 2. The molecule has 0 radical (unpaired) electrons. The summed E-state index contributed by atoms with van der Waals surface area (Å²) in [5, 5.41) is 6.26. The molecule has 4 atom stereocenters. The number of benzene rings is 1. The minimum absolute atomic E-state index is 0.0863. The topological polar surface area (TPSA) is 81.0 Å². The summed E-state index contributed by atoms with van der Waals surface area (Å²) in [4.78, 5) is 37.8. The van der Waals surface area contributed by atoms with Crippen molar-refractivity contribution in [2.24, 2.45) is 28.8 Å². The van der Waals surface area contributed by atoms with Crippen LogP contribution in [0.15, 0.2) is 47.7 Å². The number of para-hydroxylation sites is 1. The van der Waals surface area contributed by atoms with E-state index in [2.05, 4.69) is 17.3 Å². The van der Waals surface area contributed by atoms with E-state index in [0.717, 1.165) is 34.3 Å². The quantitative estimate of drug-likeness (QED) is 0.332. The zero-order valence-corrected chi connectivity index (χ0v) is 16.7. The van der Waals surface area contributed by atoms with Gasteiger partial charge in [-0.15, -0.1) is 0 Å². The summed E-state index contributed by atoms with van der Waals surface area (Å²) in [6.07, 6.45) is 9.45. The van der Waals surface area contributed by atoms with E-state index in [1.807, 2.05) is 24.3 Å². The number of imide groups is 1. The predicted octanol–water partition coefficient (Wildman–Crippen LogP) is 2.74. The fourth-order valence-electron chi connectivity index (χ4n) is 5.15. The van der Waals surface area contributed by atoms with Gasteiger partial charge < -0.3 is 9.30 Å². The highest BCUT2D eigenvalue weighted by molar-refractivity contribution is 6.07. The van der Waals surface area contributed by atoms with Gasteiger partial charge in [0.05, 0.1) is 24.7 Å². The molecule has 1 aromatic heterocycles. The van der Waals surface area contributed by atoms with Gasteiger partial charge in [-0.2, -0.15) is 10.1 Å². The molecule has 2 heterocycles. The molecule has 2 aromatic rings. The number of carbonyl (C=O) groups excluding carboxylic acids is 3. The Morgan fingerprint density at radius 1 is 1.13 bits per heavy atom. The number of ether oxygens (including phenoxy) is 1. The summed E-state index contributed by atoms with van der Waals surface area (Å²) in [5.41, 5.74) is 1.61. The lowest BCUT2D eigenvalue weighted by Crippen LogP contribution is -2.38. The van der Waals surface area contributed by atoms with E-state index in [9.17, 15) is 14.4 Å². The Morgan fingerprint density at radius 2 is 1.80 bits per heavy atom. The van der Waals surface area contributed by atoms with Crippen molar-refractivity contribution in [2.45, 2.75) is 26.3 Å². The summed E-state index contributed by atoms with van der Waals surface area (Å²) < 4.78 is 6.85. The van der Waals surface area contributed by atoms with Crippen molar-refractivity contribution >= 4 is 34.9 Å². The molecule has 0 unspecified atom stereocenters. The molecule has 154 valence electrons. The highest BCUT2D eigenvalue weighted by Gasteiger charge is 2.56. The van der Waals surface area contributed by atoms with Crippen LogP contribution in [0.3, 0.4) is 0 Å². The second kappa shape index (κ2) is 7.23. The summed E-state index contributed by atoms with van der Waals surface area (Å²) >= 11 is 0. The van der Waals surface area contributed by atoms with Gasteiger partial charge >= 0.3 is 5.97 Å². The SMILES string of the molecule is CCOC(=O)Cn1cc(/C=N\N2C(=O)[C@@H]3[C@H](C2=O)[C@H]2C=C[C@H]3CC2)c2ccccc21. The van der Waals surface area contributed by atoms with Gasteiger partial charge in [-0.3, -0.25) is 14.4 Å². The predicted molar refractivity (Wildman–Crippen MR) is 110 cm³/mol. The molecule has 4 aliphatic rings. The third-order valence-corrected chi connectivity index (χ3v) is 6.47. The maximum atomic E-state index is 12.9. The smallest absolute Gasteiger partial charge is 0.325 e. The molecule has 6 rings (SSSR count). The first-order valence-corrected chi connectivity index (χ1v) is 10.4. The van der Waals surface area contributed by atoms with E-state index >= 15 is 0 Å². The van der Waals surface area contributed by atoms with E-state index in [1.54, 1.807) is 23.9 Å². The lowest BCUT2D eigenvalue weighted by atomic mass is 9.63. The fourth-order valence-corrected chi connectivity index (χ4v) is 5.15. The Balaban J connectivity index is 1.44. The van der Waals surface area contributed by atoms with Crippen LogP contribution in [0.5, 0.6) is 0 Å². The first-order valence-electron chi connectivity index (χ1n) is 10.4. The number of hydrazone groups is 1. The van der Waals surface area contributed by atoms with Crippen LogP contribution >= 0.6 is 0 Å². The molecule has 7 nitrogen and oxygen atoms in total. The Morgan fingerprint density at radius 3 is 2.43 bits per heavy atom. The average Bonchev–Trinajstić information content (AvgIpc) is 3.24. The van der Waals surface area contributed by atoms with Crippen molar-refractivity contribution in [3.63, 3.8) is 0 Å². The number of carbonyl (C=O) groups is 3. The molecule has 7 heteroatoms. The maximum absolute atomic E-state index is 12.9. The fraction of sp³-hybridized carbons (Fsp3) is 0.391. The highest BCUT2D eigenvalue weighted by Crippen LogP contribution is 2.49. The van der Waals surface area contributed by atoms with Gasteiger partial charge in [0, 0.05) is 22.7 Å². The first-order chi connectivity index (χ1) is 14.6. The van der Waals surface area contributed by atoms with Crippen molar-refractivity contribution in [2.75, 3.05) is 6.61 Å². The van der Waals surface area contributed by atoms with Crippen molar-refractivity contribution < 1.29 is 19.1 Å². The normalized spacial score (nSPS) is 27.4. The number of hydrogen-bond acceptors (Lipinski definition) is 5. The highest BCUT2D eigenvalue weighted by atomic mass is 16.5. The summed E-state index contributed by atoms with van der Waals surface area (Å²) in [7, 11) is 0. The van der Waals surface area contributed by atoms with Crippen LogP contribution in [-0.4, -0.2) is 40.2 Å². The second-order valence-corrected chi connectivity index (χ2v) is 8.11. The number of amides is 2. The minimum Gasteiger partial charge on any atom is -0.465 e. The van der Waals surface area contributed by atoms with Crippen LogP contribution in [0.4, 0.5) is 0 Å². The molecular formula is C23H23N3O4. The van der Waals surface area contributed by atoms with Crippen LogP contribution in [0.1, 0.15) is 25.3 Å². The van der Waals surface area contributed by atoms with Gasteiger partial charge in [0.1, 0.15) is 6.54 Å².